The maximum Gasteiger partial charge on any atom is 0.433 e. The minimum absolute atomic E-state index is 0.0276. The Kier molecular flexibility index (Phi) is 4.32. The van der Waals surface area contributed by atoms with Gasteiger partial charge in [0.05, 0.1) is 5.56 Å². The zero-order valence-electron chi connectivity index (χ0n) is 10.5. The van der Waals surface area contributed by atoms with Crippen LogP contribution < -0.4 is 0 Å². The summed E-state index contributed by atoms with van der Waals surface area (Å²) in [6, 6.07) is 1.99. The molecule has 0 fully saturated rings. The van der Waals surface area contributed by atoms with E-state index in [0.717, 1.165) is 24.8 Å². The SMILES string of the molecule is CCC(C)N(C)C(=O)c1ccc(C(F)(F)F)nc1. The largest absolute Gasteiger partial charge is 0.433 e. The van der Waals surface area contributed by atoms with Crippen molar-refractivity contribution in [3.8, 4) is 0 Å². The molecule has 1 aromatic heterocycles. The molecule has 18 heavy (non-hydrogen) atoms. The van der Waals surface area contributed by atoms with Gasteiger partial charge in [0.25, 0.3) is 5.91 Å². The van der Waals surface area contributed by atoms with Gasteiger partial charge in [0, 0.05) is 19.3 Å². The van der Waals surface area contributed by atoms with E-state index in [9.17, 15) is 18.0 Å². The highest BCUT2D eigenvalue weighted by Gasteiger charge is 2.32. The first kappa shape index (κ1) is 14.5. The van der Waals surface area contributed by atoms with Crippen LogP contribution in [-0.4, -0.2) is 28.9 Å². The van der Waals surface area contributed by atoms with Gasteiger partial charge in [-0.25, -0.2) is 0 Å². The third-order valence-corrected chi connectivity index (χ3v) is 2.87. The van der Waals surface area contributed by atoms with Crippen molar-refractivity contribution >= 4 is 5.91 Å². The first-order valence-corrected chi connectivity index (χ1v) is 5.57. The second-order valence-corrected chi connectivity index (χ2v) is 4.10. The minimum Gasteiger partial charge on any atom is -0.339 e. The van der Waals surface area contributed by atoms with Gasteiger partial charge in [-0.1, -0.05) is 6.92 Å². The van der Waals surface area contributed by atoms with Crippen LogP contribution in [0.1, 0.15) is 36.3 Å². The Morgan fingerprint density at radius 3 is 2.44 bits per heavy atom. The van der Waals surface area contributed by atoms with Crippen LogP contribution in [0.5, 0.6) is 0 Å². The molecule has 1 amide bonds. The van der Waals surface area contributed by atoms with Crippen molar-refractivity contribution in [3.05, 3.63) is 29.6 Å². The summed E-state index contributed by atoms with van der Waals surface area (Å²) >= 11 is 0. The fraction of sp³-hybridized carbons (Fsp3) is 0.500. The predicted molar refractivity (Wildman–Crippen MR) is 61.1 cm³/mol. The molecule has 0 bridgehead atoms. The molecule has 1 unspecified atom stereocenters. The fourth-order valence-corrected chi connectivity index (χ4v) is 1.37. The Hall–Kier alpha value is -1.59. The van der Waals surface area contributed by atoms with E-state index in [1.54, 1.807) is 7.05 Å². The van der Waals surface area contributed by atoms with Gasteiger partial charge in [0.1, 0.15) is 5.69 Å². The van der Waals surface area contributed by atoms with E-state index in [0.29, 0.717) is 0 Å². The normalized spacial score (nSPS) is 13.2. The second kappa shape index (κ2) is 5.37. The highest BCUT2D eigenvalue weighted by molar-refractivity contribution is 5.93. The number of amides is 1. The summed E-state index contributed by atoms with van der Waals surface area (Å²) in [5.74, 6) is -0.328. The van der Waals surface area contributed by atoms with Crippen LogP contribution in [0.25, 0.3) is 0 Å². The molecule has 3 nitrogen and oxygen atoms in total. The first-order valence-electron chi connectivity index (χ1n) is 5.57. The number of nitrogens with zero attached hydrogens (tertiary/aromatic N) is 2. The quantitative estimate of drug-likeness (QED) is 0.837. The van der Waals surface area contributed by atoms with Crippen molar-refractivity contribution in [3.63, 3.8) is 0 Å². The van der Waals surface area contributed by atoms with E-state index < -0.39 is 11.9 Å². The van der Waals surface area contributed by atoms with Crippen molar-refractivity contribution in [1.29, 1.82) is 0 Å². The van der Waals surface area contributed by atoms with E-state index in [1.807, 2.05) is 13.8 Å². The smallest absolute Gasteiger partial charge is 0.339 e. The number of rotatable bonds is 3. The van der Waals surface area contributed by atoms with Crippen LogP contribution in [0.2, 0.25) is 0 Å². The van der Waals surface area contributed by atoms with Crippen molar-refractivity contribution in [1.82, 2.24) is 9.88 Å². The maximum absolute atomic E-state index is 12.3. The molecule has 100 valence electrons. The van der Waals surface area contributed by atoms with Gasteiger partial charge in [-0.15, -0.1) is 0 Å². The summed E-state index contributed by atoms with van der Waals surface area (Å²) < 4.78 is 36.9. The lowest BCUT2D eigenvalue weighted by molar-refractivity contribution is -0.141. The number of carbonyl (C=O) groups is 1. The van der Waals surface area contributed by atoms with Gasteiger partial charge >= 0.3 is 6.18 Å². The number of pyridine rings is 1. The third-order valence-electron chi connectivity index (χ3n) is 2.87. The second-order valence-electron chi connectivity index (χ2n) is 4.10. The minimum atomic E-state index is -4.48. The summed E-state index contributed by atoms with van der Waals surface area (Å²) in [6.07, 6.45) is -2.75. The molecule has 0 aliphatic heterocycles. The summed E-state index contributed by atoms with van der Waals surface area (Å²) in [5, 5.41) is 0. The van der Waals surface area contributed by atoms with Crippen LogP contribution in [0.15, 0.2) is 18.3 Å². The molecule has 0 radical (unpaired) electrons. The molecule has 0 saturated heterocycles. The number of alkyl halides is 3. The number of carbonyl (C=O) groups excluding carboxylic acids is 1. The Balaban J connectivity index is 2.89. The van der Waals surface area contributed by atoms with Crippen molar-refractivity contribution in [2.75, 3.05) is 7.05 Å². The summed E-state index contributed by atoms with van der Waals surface area (Å²) in [4.78, 5) is 16.7. The monoisotopic (exact) mass is 260 g/mol. The van der Waals surface area contributed by atoms with Gasteiger partial charge in [-0.2, -0.15) is 13.2 Å². The highest BCUT2D eigenvalue weighted by atomic mass is 19.4. The van der Waals surface area contributed by atoms with Crippen LogP contribution >= 0.6 is 0 Å². The molecule has 0 aromatic carbocycles. The zero-order valence-corrected chi connectivity index (χ0v) is 10.5. The van der Waals surface area contributed by atoms with E-state index in [2.05, 4.69) is 4.98 Å². The maximum atomic E-state index is 12.3. The third kappa shape index (κ3) is 3.21. The van der Waals surface area contributed by atoms with E-state index >= 15 is 0 Å². The predicted octanol–water partition coefficient (Wildman–Crippen LogP) is 2.97. The van der Waals surface area contributed by atoms with Crippen molar-refractivity contribution in [2.24, 2.45) is 0 Å². The Morgan fingerprint density at radius 1 is 1.44 bits per heavy atom. The summed E-state index contributed by atoms with van der Waals surface area (Å²) in [5.41, 5.74) is -0.837. The van der Waals surface area contributed by atoms with E-state index in [-0.39, 0.29) is 17.5 Å². The molecule has 1 rings (SSSR count). The average Bonchev–Trinajstić information content (AvgIpc) is 2.35. The zero-order chi connectivity index (χ0) is 13.9. The molecular weight excluding hydrogens is 245 g/mol. The molecular formula is C12H15F3N2O. The first-order chi connectivity index (χ1) is 8.27. The molecule has 6 heteroatoms. The summed E-state index contributed by atoms with van der Waals surface area (Å²) in [6.45, 7) is 3.80. The average molecular weight is 260 g/mol. The standard InChI is InChI=1S/C12H15F3N2O/c1-4-8(2)17(3)11(18)9-5-6-10(16-7-9)12(13,14)15/h5-8H,4H2,1-3H3. The molecule has 1 heterocycles. The lowest BCUT2D eigenvalue weighted by Crippen LogP contribution is -2.34. The topological polar surface area (TPSA) is 33.2 Å². The van der Waals surface area contributed by atoms with Gasteiger partial charge in [0.15, 0.2) is 0 Å². The molecule has 0 saturated carbocycles. The highest BCUT2D eigenvalue weighted by Crippen LogP contribution is 2.27. The Morgan fingerprint density at radius 2 is 2.06 bits per heavy atom. The van der Waals surface area contributed by atoms with Gasteiger partial charge in [-0.05, 0) is 25.5 Å². The van der Waals surface area contributed by atoms with Gasteiger partial charge in [0.2, 0.25) is 0 Å². The molecule has 0 spiro atoms. The van der Waals surface area contributed by atoms with E-state index in [4.69, 9.17) is 0 Å². The lowest BCUT2D eigenvalue weighted by atomic mass is 10.2. The Labute approximate surface area is 104 Å². The molecule has 0 aliphatic carbocycles. The number of hydrogen-bond donors (Lipinski definition) is 0. The van der Waals surface area contributed by atoms with Crippen molar-refractivity contribution < 1.29 is 18.0 Å². The van der Waals surface area contributed by atoms with Crippen molar-refractivity contribution in [2.45, 2.75) is 32.5 Å². The van der Waals surface area contributed by atoms with Crippen LogP contribution in [0.3, 0.4) is 0 Å². The molecule has 1 aromatic rings. The lowest BCUT2D eigenvalue weighted by Gasteiger charge is -2.23. The molecule has 1 atom stereocenters. The number of halogens is 3. The van der Waals surface area contributed by atoms with Gasteiger partial charge in [-0.3, -0.25) is 9.78 Å². The number of aromatic nitrogens is 1. The fourth-order valence-electron chi connectivity index (χ4n) is 1.37. The Bertz CT molecular complexity index is 414. The summed E-state index contributed by atoms with van der Waals surface area (Å²) in [7, 11) is 1.62. The molecule has 0 N–H and O–H groups in total. The van der Waals surface area contributed by atoms with Crippen LogP contribution in [0, 0.1) is 0 Å². The number of hydrogen-bond acceptors (Lipinski definition) is 2. The molecule has 0 aliphatic rings. The van der Waals surface area contributed by atoms with E-state index in [1.165, 1.54) is 4.90 Å². The van der Waals surface area contributed by atoms with Crippen LogP contribution in [-0.2, 0) is 6.18 Å². The van der Waals surface area contributed by atoms with Crippen LogP contribution in [0.4, 0.5) is 13.2 Å². The van der Waals surface area contributed by atoms with Gasteiger partial charge < -0.3 is 4.90 Å².